The number of nitrogens with zero attached hydrogens (tertiary/aromatic N) is 1. The zero-order valence-corrected chi connectivity index (χ0v) is 36.1. The van der Waals surface area contributed by atoms with Crippen molar-refractivity contribution in [1.82, 2.24) is 0 Å². The highest BCUT2D eigenvalue weighted by Crippen LogP contribution is 2.65. The van der Waals surface area contributed by atoms with Crippen LogP contribution in [-0.4, -0.2) is 0 Å². The maximum atomic E-state index is 6.73. The van der Waals surface area contributed by atoms with Crippen LogP contribution in [0.1, 0.15) is 44.5 Å². The van der Waals surface area contributed by atoms with Crippen molar-refractivity contribution in [2.45, 2.75) is 20.6 Å². The largest absolute Gasteiger partial charge is 0.457 e. The molecule has 0 unspecified atom stereocenters. The Bertz CT molecular complexity index is 3300. The molecular formula is C62H39NOS. The van der Waals surface area contributed by atoms with Gasteiger partial charge in [0.2, 0.25) is 0 Å². The second-order valence-electron chi connectivity index (χ2n) is 17.5. The van der Waals surface area contributed by atoms with Gasteiger partial charge in [0.05, 0.1) is 10.8 Å². The lowest BCUT2D eigenvalue weighted by molar-refractivity contribution is 0.436. The monoisotopic (exact) mass is 845 g/mol. The van der Waals surface area contributed by atoms with Gasteiger partial charge in [-0.05, 0) is 127 Å². The molecule has 304 valence electrons. The fourth-order valence-corrected chi connectivity index (χ4v) is 13.1. The molecule has 0 fully saturated rings. The molecule has 0 saturated heterocycles. The first-order chi connectivity index (χ1) is 32.2. The van der Waals surface area contributed by atoms with E-state index in [1.54, 1.807) is 0 Å². The maximum Gasteiger partial charge on any atom is 0.132 e. The van der Waals surface area contributed by atoms with E-state index in [0.29, 0.717) is 0 Å². The normalized spacial score (nSPS) is 14.5. The Labute approximate surface area is 383 Å². The first-order valence-corrected chi connectivity index (χ1v) is 23.2. The fraction of sp³-hybridized carbons (Fsp3) is 0.0323. The minimum Gasteiger partial charge on any atom is -0.457 e. The van der Waals surface area contributed by atoms with Gasteiger partial charge in [0.1, 0.15) is 11.5 Å². The Morgan fingerprint density at radius 1 is 0.292 bits per heavy atom. The van der Waals surface area contributed by atoms with Crippen LogP contribution >= 0.6 is 11.8 Å². The van der Waals surface area contributed by atoms with E-state index >= 15 is 0 Å². The lowest BCUT2D eigenvalue weighted by atomic mass is 9.66. The number of ether oxygens (including phenoxy) is 1. The van der Waals surface area contributed by atoms with Crippen LogP contribution in [0.25, 0.3) is 33.4 Å². The quantitative estimate of drug-likeness (QED) is 0.175. The zero-order valence-electron chi connectivity index (χ0n) is 35.3. The number of anilines is 3. The average molecular weight is 846 g/mol. The molecule has 2 nitrogen and oxygen atoms in total. The lowest BCUT2D eigenvalue weighted by Crippen LogP contribution is -2.32. The van der Waals surface area contributed by atoms with Crippen LogP contribution in [0.15, 0.2) is 246 Å². The molecular weight excluding hydrogens is 807 g/mol. The summed E-state index contributed by atoms with van der Waals surface area (Å²) in [4.78, 5) is 5.09. The van der Waals surface area contributed by atoms with Gasteiger partial charge in [-0.25, -0.2) is 0 Å². The van der Waals surface area contributed by atoms with Gasteiger partial charge in [-0.2, -0.15) is 0 Å². The van der Waals surface area contributed by atoms with Crippen LogP contribution in [0, 0.1) is 0 Å². The summed E-state index contributed by atoms with van der Waals surface area (Å²) in [5, 5.41) is 0. The average Bonchev–Trinajstić information content (AvgIpc) is 3.82. The molecule has 14 rings (SSSR count). The molecule has 0 saturated carbocycles. The molecule has 2 aliphatic carbocycles. The molecule has 10 aromatic rings. The fourth-order valence-electron chi connectivity index (χ4n) is 11.9. The van der Waals surface area contributed by atoms with Gasteiger partial charge < -0.3 is 9.64 Å². The van der Waals surface area contributed by atoms with Crippen molar-refractivity contribution in [1.29, 1.82) is 0 Å². The molecule has 65 heavy (non-hydrogen) atoms. The lowest BCUT2D eigenvalue weighted by Gasteiger charge is -2.40. The molecule has 4 aliphatic rings. The summed E-state index contributed by atoms with van der Waals surface area (Å²) in [7, 11) is 0. The van der Waals surface area contributed by atoms with E-state index in [1.165, 1.54) is 76.6 Å². The van der Waals surface area contributed by atoms with Crippen LogP contribution < -0.4 is 9.64 Å². The van der Waals surface area contributed by atoms with E-state index in [2.05, 4.69) is 241 Å². The Kier molecular flexibility index (Phi) is 7.79. The van der Waals surface area contributed by atoms with Crippen LogP contribution in [0.4, 0.5) is 17.1 Å². The van der Waals surface area contributed by atoms with Gasteiger partial charge in [0.25, 0.3) is 0 Å². The molecule has 0 N–H and O–H groups in total. The van der Waals surface area contributed by atoms with Crippen LogP contribution in [0.2, 0.25) is 0 Å². The second kappa shape index (κ2) is 13.8. The van der Waals surface area contributed by atoms with E-state index < -0.39 is 10.8 Å². The van der Waals surface area contributed by atoms with Gasteiger partial charge in [-0.1, -0.05) is 188 Å². The summed E-state index contributed by atoms with van der Waals surface area (Å²) < 4.78 is 6.73. The number of para-hydroxylation sites is 2. The van der Waals surface area contributed by atoms with Crippen molar-refractivity contribution in [3.63, 3.8) is 0 Å². The summed E-state index contributed by atoms with van der Waals surface area (Å²) in [6, 6.07) is 87.6. The Morgan fingerprint density at radius 3 is 1.28 bits per heavy atom. The van der Waals surface area contributed by atoms with Gasteiger partial charge in [-0.3, -0.25) is 0 Å². The number of rotatable bonds is 4. The van der Waals surface area contributed by atoms with Gasteiger partial charge >= 0.3 is 0 Å². The molecule has 3 heteroatoms. The summed E-state index contributed by atoms with van der Waals surface area (Å²) >= 11 is 1.88. The van der Waals surface area contributed by atoms with E-state index in [4.69, 9.17) is 4.74 Å². The zero-order chi connectivity index (χ0) is 42.7. The predicted octanol–water partition coefficient (Wildman–Crippen LogP) is 16.1. The predicted molar refractivity (Wildman–Crippen MR) is 265 cm³/mol. The molecule has 2 aliphatic heterocycles. The third kappa shape index (κ3) is 4.96. The Hall–Kier alpha value is -7.85. The summed E-state index contributed by atoms with van der Waals surface area (Å²) in [5.74, 6) is 1.78. The Balaban J connectivity index is 1.06. The number of hydrogen-bond donors (Lipinski definition) is 0. The highest BCUT2D eigenvalue weighted by Gasteiger charge is 2.52. The van der Waals surface area contributed by atoms with Crippen LogP contribution in [0.3, 0.4) is 0 Å². The molecule has 10 aromatic carbocycles. The molecule has 0 radical (unpaired) electrons. The van der Waals surface area contributed by atoms with Crippen molar-refractivity contribution in [3.05, 3.63) is 281 Å². The Morgan fingerprint density at radius 2 is 0.708 bits per heavy atom. The maximum absolute atomic E-state index is 6.73. The van der Waals surface area contributed by atoms with E-state index in [1.807, 2.05) is 11.8 Å². The van der Waals surface area contributed by atoms with Crippen LogP contribution in [0.5, 0.6) is 11.5 Å². The number of benzene rings is 10. The summed E-state index contributed by atoms with van der Waals surface area (Å²) in [5.41, 5.74) is 19.7. The van der Waals surface area contributed by atoms with Crippen molar-refractivity contribution < 1.29 is 4.74 Å². The third-order valence-electron chi connectivity index (χ3n) is 14.4. The summed E-state index contributed by atoms with van der Waals surface area (Å²) in [6.07, 6.45) is 0. The smallest absolute Gasteiger partial charge is 0.132 e. The molecule has 0 atom stereocenters. The SMILES string of the molecule is c1ccc(-c2cccc(N(c3ccc4c(c3)C3(c5ccccc5Oc5ccccc53)c3ccccc3-4)c3ccc4c(c3)C3(c5ccccc5Sc5ccccc53)c3ccccc3-4)c2)cc1. The first-order valence-electron chi connectivity index (χ1n) is 22.4. The van der Waals surface area contributed by atoms with Crippen molar-refractivity contribution in [2.75, 3.05) is 4.90 Å². The summed E-state index contributed by atoms with van der Waals surface area (Å²) in [6.45, 7) is 0. The molecule has 0 amide bonds. The van der Waals surface area contributed by atoms with Gasteiger partial charge in [-0.15, -0.1) is 0 Å². The highest BCUT2D eigenvalue weighted by atomic mass is 32.2. The minimum absolute atomic E-state index is 0.503. The van der Waals surface area contributed by atoms with Crippen LogP contribution in [-0.2, 0) is 10.8 Å². The number of hydrogen-bond acceptors (Lipinski definition) is 3. The van der Waals surface area contributed by atoms with E-state index in [0.717, 1.165) is 39.7 Å². The highest BCUT2D eigenvalue weighted by molar-refractivity contribution is 7.99. The molecule has 0 aromatic heterocycles. The van der Waals surface area contributed by atoms with Gasteiger partial charge in [0.15, 0.2) is 0 Å². The van der Waals surface area contributed by atoms with E-state index in [9.17, 15) is 0 Å². The third-order valence-corrected chi connectivity index (χ3v) is 15.5. The second-order valence-corrected chi connectivity index (χ2v) is 18.6. The van der Waals surface area contributed by atoms with Crippen molar-refractivity contribution >= 4 is 28.8 Å². The van der Waals surface area contributed by atoms with E-state index in [-0.39, 0.29) is 0 Å². The van der Waals surface area contributed by atoms with Crippen molar-refractivity contribution in [2.24, 2.45) is 0 Å². The standard InChI is InChI=1S/C62H39NOS/c1-2-17-40(18-3-1)41-19-16-20-42(37-41)63(43-33-35-47-45-21-4-6-23-49(45)61(55(47)38-43)51-25-8-12-29-57(51)64-58-30-13-9-26-52(58)61)44-34-36-48-46-22-5-7-24-50(46)62(56(48)39-44)53-27-10-14-31-59(53)65-60-32-15-11-28-54(60)62/h1-39H. The number of fused-ring (bicyclic) bond motifs is 18. The minimum atomic E-state index is -0.595. The topological polar surface area (TPSA) is 12.5 Å². The molecule has 2 heterocycles. The molecule has 2 spiro atoms. The van der Waals surface area contributed by atoms with Gasteiger partial charge in [0, 0.05) is 38.0 Å². The molecule has 0 bridgehead atoms. The first kappa shape index (κ1) is 36.6. The van der Waals surface area contributed by atoms with Crippen molar-refractivity contribution in [3.8, 4) is 44.9 Å².